The van der Waals surface area contributed by atoms with Crippen LogP contribution in [0.4, 0.5) is 17.1 Å². The molecule has 266 valence electrons. The van der Waals surface area contributed by atoms with E-state index in [0.717, 1.165) is 5.69 Å². The Bertz CT molecular complexity index is 3150. The second-order valence-electron chi connectivity index (χ2n) is 15.1. The van der Waals surface area contributed by atoms with Crippen LogP contribution in [0.1, 0.15) is 22.3 Å². The van der Waals surface area contributed by atoms with Gasteiger partial charge in [0, 0.05) is 31.4 Å². The normalized spacial score (nSPS) is 13.1. The molecule has 0 atom stereocenters. The first-order chi connectivity index (χ1) is 28.3. The van der Waals surface area contributed by atoms with E-state index in [1.807, 2.05) is 11.3 Å². The van der Waals surface area contributed by atoms with Crippen LogP contribution in [0.5, 0.6) is 0 Å². The highest BCUT2D eigenvalue weighted by molar-refractivity contribution is 7.26. The van der Waals surface area contributed by atoms with Gasteiger partial charge in [0.05, 0.1) is 16.8 Å². The van der Waals surface area contributed by atoms with Gasteiger partial charge in [0.2, 0.25) is 0 Å². The van der Waals surface area contributed by atoms with Gasteiger partial charge >= 0.3 is 0 Å². The smallest absolute Gasteiger partial charge is 0.0726 e. The molecule has 0 bridgehead atoms. The first-order valence-electron chi connectivity index (χ1n) is 19.7. The van der Waals surface area contributed by atoms with Crippen molar-refractivity contribution in [2.75, 3.05) is 4.90 Å². The summed E-state index contributed by atoms with van der Waals surface area (Å²) in [5, 5.41) is 2.56. The van der Waals surface area contributed by atoms with Gasteiger partial charge in [-0.3, -0.25) is 0 Å². The van der Waals surface area contributed by atoms with E-state index in [9.17, 15) is 0 Å². The van der Waals surface area contributed by atoms with E-state index in [2.05, 4.69) is 217 Å². The van der Waals surface area contributed by atoms with Crippen LogP contribution in [-0.2, 0) is 5.41 Å². The zero-order valence-electron chi connectivity index (χ0n) is 31.1. The Morgan fingerprint density at radius 2 is 0.877 bits per heavy atom. The van der Waals surface area contributed by atoms with Crippen LogP contribution in [-0.4, -0.2) is 0 Å². The summed E-state index contributed by atoms with van der Waals surface area (Å²) < 4.78 is 2.58. The Labute approximate surface area is 336 Å². The molecule has 0 unspecified atom stereocenters. The molecule has 12 rings (SSSR count). The van der Waals surface area contributed by atoms with Crippen LogP contribution >= 0.6 is 11.3 Å². The molecule has 0 N–H and O–H groups in total. The van der Waals surface area contributed by atoms with Crippen molar-refractivity contribution >= 4 is 48.6 Å². The van der Waals surface area contributed by atoms with Gasteiger partial charge in [-0.1, -0.05) is 176 Å². The summed E-state index contributed by atoms with van der Waals surface area (Å²) >= 11 is 1.87. The van der Waals surface area contributed by atoms with Crippen molar-refractivity contribution in [2.45, 2.75) is 5.41 Å². The van der Waals surface area contributed by atoms with Crippen LogP contribution in [0.3, 0.4) is 0 Å². The van der Waals surface area contributed by atoms with Gasteiger partial charge in [-0.2, -0.15) is 0 Å². The van der Waals surface area contributed by atoms with Crippen LogP contribution in [0, 0.1) is 0 Å². The molecule has 0 radical (unpaired) electrons. The maximum atomic E-state index is 2.56. The Morgan fingerprint density at radius 3 is 1.60 bits per heavy atom. The van der Waals surface area contributed by atoms with E-state index >= 15 is 0 Å². The molecule has 1 aromatic heterocycles. The third kappa shape index (κ3) is 4.56. The number of rotatable bonds is 5. The largest absolute Gasteiger partial charge is 0.309 e. The zero-order valence-corrected chi connectivity index (χ0v) is 31.9. The minimum absolute atomic E-state index is 0.436. The SMILES string of the molecule is c1ccc(-c2ccc(N(c3cccc4c3-c3ccccc3C43c4ccccc4-c4ccccc43)c3cccc4sc5ccccc5c34)cc2-c2ccccc2)cc1. The second-order valence-corrected chi connectivity index (χ2v) is 16.2. The van der Waals surface area contributed by atoms with Crippen molar-refractivity contribution in [1.29, 1.82) is 0 Å². The molecule has 2 aliphatic rings. The fourth-order valence-electron chi connectivity index (χ4n) is 10.1. The van der Waals surface area contributed by atoms with Crippen molar-refractivity contribution in [3.05, 3.63) is 235 Å². The molecule has 9 aromatic carbocycles. The van der Waals surface area contributed by atoms with Crippen LogP contribution in [0.25, 0.3) is 64.7 Å². The maximum absolute atomic E-state index is 2.56. The van der Waals surface area contributed by atoms with Crippen LogP contribution in [0.15, 0.2) is 212 Å². The number of anilines is 3. The average molecular weight is 742 g/mol. The minimum atomic E-state index is -0.436. The molecular weight excluding hydrogens is 707 g/mol. The van der Waals surface area contributed by atoms with Crippen molar-refractivity contribution < 1.29 is 0 Å². The topological polar surface area (TPSA) is 3.24 Å². The monoisotopic (exact) mass is 741 g/mol. The second kappa shape index (κ2) is 12.5. The van der Waals surface area contributed by atoms with Crippen molar-refractivity contribution in [2.24, 2.45) is 0 Å². The number of thiophene rings is 1. The minimum Gasteiger partial charge on any atom is -0.309 e. The van der Waals surface area contributed by atoms with Crippen molar-refractivity contribution in [3.63, 3.8) is 0 Å². The predicted octanol–water partition coefficient (Wildman–Crippen LogP) is 15.2. The summed E-state index contributed by atoms with van der Waals surface area (Å²) in [6.45, 7) is 0. The highest BCUT2D eigenvalue weighted by Gasteiger charge is 2.52. The summed E-state index contributed by atoms with van der Waals surface area (Å²) in [5.74, 6) is 0. The molecule has 1 spiro atoms. The summed E-state index contributed by atoms with van der Waals surface area (Å²) in [5.41, 5.74) is 18.4. The van der Waals surface area contributed by atoms with E-state index in [4.69, 9.17) is 0 Å². The molecular formula is C55H35NS. The lowest BCUT2D eigenvalue weighted by Crippen LogP contribution is -2.26. The highest BCUT2D eigenvalue weighted by Crippen LogP contribution is 2.65. The summed E-state index contributed by atoms with van der Waals surface area (Å²) in [7, 11) is 0. The quantitative estimate of drug-likeness (QED) is 0.170. The van der Waals surface area contributed by atoms with E-state index in [1.165, 1.54) is 98.3 Å². The van der Waals surface area contributed by atoms with E-state index < -0.39 is 5.41 Å². The molecule has 2 heteroatoms. The van der Waals surface area contributed by atoms with Gasteiger partial charge in [0.1, 0.15) is 0 Å². The maximum Gasteiger partial charge on any atom is 0.0726 e. The Balaban J connectivity index is 1.20. The Hall–Kier alpha value is -7.00. The number of nitrogens with zero attached hydrogens (tertiary/aromatic N) is 1. The number of hydrogen-bond donors (Lipinski definition) is 0. The lowest BCUT2D eigenvalue weighted by atomic mass is 9.70. The van der Waals surface area contributed by atoms with Crippen LogP contribution in [0.2, 0.25) is 0 Å². The fraction of sp³-hybridized carbons (Fsp3) is 0.0182. The van der Waals surface area contributed by atoms with Gasteiger partial charge in [-0.25, -0.2) is 0 Å². The van der Waals surface area contributed by atoms with Gasteiger partial charge in [0.25, 0.3) is 0 Å². The average Bonchev–Trinajstić information content (AvgIpc) is 3.92. The lowest BCUT2D eigenvalue weighted by molar-refractivity contribution is 0.794. The van der Waals surface area contributed by atoms with Crippen molar-refractivity contribution in [1.82, 2.24) is 0 Å². The molecule has 1 nitrogen and oxygen atoms in total. The first-order valence-corrected chi connectivity index (χ1v) is 20.5. The zero-order chi connectivity index (χ0) is 37.5. The lowest BCUT2D eigenvalue weighted by Gasteiger charge is -2.32. The third-order valence-corrected chi connectivity index (χ3v) is 13.4. The summed E-state index contributed by atoms with van der Waals surface area (Å²) in [6, 6.07) is 78.8. The molecule has 0 saturated heterocycles. The number of benzene rings is 9. The first kappa shape index (κ1) is 32.3. The molecule has 0 fully saturated rings. The molecule has 0 amide bonds. The van der Waals surface area contributed by atoms with E-state index in [-0.39, 0.29) is 0 Å². The standard InChI is InChI=1S/C55H35NS/c1-3-17-36(18-4-1)39-34-33-38(35-44(39)37-19-5-2-6-20-37)56(50-30-16-32-52-54(50)43-24-10-14-31-51(43)57-52)49-29-15-28-48-53(49)42-23-9-13-27-47(42)55(48)45-25-11-7-21-40(45)41-22-8-12-26-46(41)55/h1-35H. The van der Waals surface area contributed by atoms with Crippen LogP contribution < -0.4 is 4.90 Å². The molecule has 1 heterocycles. The summed E-state index contributed by atoms with van der Waals surface area (Å²) in [4.78, 5) is 2.56. The Morgan fingerprint density at radius 1 is 0.351 bits per heavy atom. The molecule has 0 saturated carbocycles. The van der Waals surface area contributed by atoms with Crippen molar-refractivity contribution in [3.8, 4) is 44.5 Å². The van der Waals surface area contributed by atoms with Gasteiger partial charge in [-0.05, 0) is 97.6 Å². The Kier molecular flexibility index (Phi) is 7.08. The third-order valence-electron chi connectivity index (χ3n) is 12.3. The van der Waals surface area contributed by atoms with Gasteiger partial charge in [-0.15, -0.1) is 11.3 Å². The molecule has 57 heavy (non-hydrogen) atoms. The summed E-state index contributed by atoms with van der Waals surface area (Å²) in [6.07, 6.45) is 0. The van der Waals surface area contributed by atoms with Gasteiger partial charge < -0.3 is 4.90 Å². The molecule has 10 aromatic rings. The predicted molar refractivity (Wildman–Crippen MR) is 241 cm³/mol. The number of hydrogen-bond acceptors (Lipinski definition) is 2. The number of fused-ring (bicyclic) bond motifs is 13. The highest BCUT2D eigenvalue weighted by atomic mass is 32.1. The van der Waals surface area contributed by atoms with E-state index in [1.54, 1.807) is 0 Å². The molecule has 0 aliphatic heterocycles. The molecule has 2 aliphatic carbocycles. The van der Waals surface area contributed by atoms with Gasteiger partial charge in [0.15, 0.2) is 0 Å². The van der Waals surface area contributed by atoms with E-state index in [0.29, 0.717) is 0 Å². The fourth-order valence-corrected chi connectivity index (χ4v) is 11.2.